The van der Waals surface area contributed by atoms with Crippen molar-refractivity contribution in [2.24, 2.45) is 0 Å². The van der Waals surface area contributed by atoms with Crippen LogP contribution in [-0.4, -0.2) is 13.6 Å². The van der Waals surface area contributed by atoms with E-state index in [4.69, 9.17) is 0 Å². The molecule has 0 unspecified atom stereocenters. The summed E-state index contributed by atoms with van der Waals surface area (Å²) in [6.07, 6.45) is 9.92. The van der Waals surface area contributed by atoms with E-state index in [0.717, 1.165) is 25.1 Å². The molecule has 0 bridgehead atoms. The van der Waals surface area contributed by atoms with E-state index in [1.54, 1.807) is 12.3 Å². The number of rotatable bonds is 7. The van der Waals surface area contributed by atoms with Gasteiger partial charge in [0.15, 0.2) is 0 Å². The first-order valence-electron chi connectivity index (χ1n) is 8.61. The molecule has 1 rings (SSSR count). The van der Waals surface area contributed by atoms with Gasteiger partial charge in [-0.05, 0) is 43.7 Å². The van der Waals surface area contributed by atoms with E-state index < -0.39 is 0 Å². The molecule has 0 radical (unpaired) electrons. The fourth-order valence-corrected chi connectivity index (χ4v) is 1.41. The van der Waals surface area contributed by atoms with Crippen molar-refractivity contribution in [3.8, 4) is 0 Å². The Labute approximate surface area is 145 Å². The van der Waals surface area contributed by atoms with Gasteiger partial charge in [0, 0.05) is 19.3 Å². The number of hydrogen-bond acceptors (Lipinski definition) is 2. The van der Waals surface area contributed by atoms with Crippen molar-refractivity contribution >= 4 is 5.69 Å². The second kappa shape index (κ2) is 25.0. The summed E-state index contributed by atoms with van der Waals surface area (Å²) < 4.78 is 0. The molecule has 2 heteroatoms. The smallest absolute Gasteiger partial charge is 0.0337 e. The number of hydrogen-bond donors (Lipinski definition) is 2. The second-order valence-electron chi connectivity index (χ2n) is 3.98. The van der Waals surface area contributed by atoms with Crippen molar-refractivity contribution in [2.45, 2.75) is 47.5 Å². The molecule has 132 valence electrons. The number of anilines is 1. The van der Waals surface area contributed by atoms with Gasteiger partial charge in [-0.2, -0.15) is 0 Å². The van der Waals surface area contributed by atoms with Gasteiger partial charge in [0.2, 0.25) is 0 Å². The Morgan fingerprint density at radius 2 is 1.48 bits per heavy atom. The molecule has 0 saturated heterocycles. The van der Waals surface area contributed by atoms with E-state index >= 15 is 0 Å². The molecule has 0 saturated carbocycles. The van der Waals surface area contributed by atoms with Crippen molar-refractivity contribution in [1.29, 1.82) is 0 Å². The number of benzene rings is 1. The van der Waals surface area contributed by atoms with E-state index in [1.165, 1.54) is 5.56 Å². The highest BCUT2D eigenvalue weighted by atomic mass is 14.8. The highest BCUT2D eigenvalue weighted by Crippen LogP contribution is 2.09. The van der Waals surface area contributed by atoms with Gasteiger partial charge >= 0.3 is 0 Å². The molecule has 1 aromatic carbocycles. The third-order valence-corrected chi connectivity index (χ3v) is 2.36. The molecule has 0 aliphatic heterocycles. The maximum Gasteiger partial charge on any atom is 0.0337 e. The van der Waals surface area contributed by atoms with Crippen LogP contribution in [0.4, 0.5) is 5.69 Å². The van der Waals surface area contributed by atoms with E-state index in [-0.39, 0.29) is 0 Å². The van der Waals surface area contributed by atoms with Crippen LogP contribution in [0.3, 0.4) is 0 Å². The normalized spacial score (nSPS) is 8.26. The number of nitrogens with one attached hydrogen (secondary N) is 2. The summed E-state index contributed by atoms with van der Waals surface area (Å²) in [7, 11) is 1.93. The van der Waals surface area contributed by atoms with Crippen LogP contribution in [0, 0.1) is 0 Å². The summed E-state index contributed by atoms with van der Waals surface area (Å²) in [6.45, 7) is 17.8. The maximum atomic E-state index is 3.60. The Morgan fingerprint density at radius 1 is 0.957 bits per heavy atom. The summed E-state index contributed by atoms with van der Waals surface area (Å²) in [5.74, 6) is 0. The Bertz CT molecular complexity index is 364. The SMILES string of the molecule is C=CC.C=CNCC/C=C\Cc1ccc(NC)cc1.CC.CC. The average Bonchev–Trinajstić information content (AvgIpc) is 2.63. The van der Waals surface area contributed by atoms with Crippen LogP contribution in [0.2, 0.25) is 0 Å². The lowest BCUT2D eigenvalue weighted by atomic mass is 10.1. The van der Waals surface area contributed by atoms with Crippen molar-refractivity contribution in [2.75, 3.05) is 18.9 Å². The van der Waals surface area contributed by atoms with Gasteiger partial charge in [0.1, 0.15) is 0 Å². The molecule has 0 fully saturated rings. The Kier molecular flexibility index (Phi) is 28.2. The third kappa shape index (κ3) is 20.0. The van der Waals surface area contributed by atoms with Gasteiger partial charge in [-0.3, -0.25) is 0 Å². The van der Waals surface area contributed by atoms with Gasteiger partial charge in [-0.25, -0.2) is 0 Å². The first-order valence-corrected chi connectivity index (χ1v) is 8.61. The minimum atomic E-state index is 0.957. The molecule has 0 heterocycles. The monoisotopic (exact) mass is 318 g/mol. The molecule has 0 aliphatic rings. The van der Waals surface area contributed by atoms with Crippen LogP contribution >= 0.6 is 0 Å². The summed E-state index contributed by atoms with van der Waals surface area (Å²) in [5, 5.41) is 6.18. The third-order valence-electron chi connectivity index (χ3n) is 2.36. The van der Waals surface area contributed by atoms with Crippen LogP contribution in [-0.2, 0) is 6.42 Å². The zero-order valence-electron chi connectivity index (χ0n) is 16.2. The number of allylic oxidation sites excluding steroid dienone is 2. The predicted octanol–water partition coefficient (Wildman–Crippen LogP) is 6.19. The highest BCUT2D eigenvalue weighted by Gasteiger charge is 1.90. The summed E-state index contributed by atoms with van der Waals surface area (Å²) in [4.78, 5) is 0. The predicted molar refractivity (Wildman–Crippen MR) is 110 cm³/mol. The molecular formula is C21H38N2. The largest absolute Gasteiger partial charge is 0.391 e. The first-order chi connectivity index (χ1) is 11.3. The van der Waals surface area contributed by atoms with E-state index in [1.807, 2.05) is 41.7 Å². The maximum absolute atomic E-state index is 3.60. The molecule has 0 aromatic heterocycles. The molecule has 0 spiro atoms. The molecule has 0 amide bonds. The molecule has 23 heavy (non-hydrogen) atoms. The van der Waals surface area contributed by atoms with Gasteiger partial charge in [-0.15, -0.1) is 6.58 Å². The van der Waals surface area contributed by atoms with Gasteiger partial charge in [-0.1, -0.05) is 64.6 Å². The molecule has 2 nitrogen and oxygen atoms in total. The summed E-state index contributed by atoms with van der Waals surface area (Å²) in [6, 6.07) is 8.50. The minimum Gasteiger partial charge on any atom is -0.391 e. The molecule has 0 atom stereocenters. The molecule has 0 aliphatic carbocycles. The van der Waals surface area contributed by atoms with Gasteiger partial charge in [0.05, 0.1) is 0 Å². The first kappa shape index (κ1) is 26.0. The zero-order valence-corrected chi connectivity index (χ0v) is 16.2. The van der Waals surface area contributed by atoms with Crippen molar-refractivity contribution in [3.63, 3.8) is 0 Å². The van der Waals surface area contributed by atoms with Crippen LogP contribution in [0.15, 0.2) is 61.9 Å². The molecule has 2 N–H and O–H groups in total. The topological polar surface area (TPSA) is 24.1 Å². The van der Waals surface area contributed by atoms with E-state index in [9.17, 15) is 0 Å². The van der Waals surface area contributed by atoms with Crippen LogP contribution in [0.25, 0.3) is 0 Å². The summed E-state index contributed by atoms with van der Waals surface area (Å²) in [5.41, 5.74) is 2.50. The van der Waals surface area contributed by atoms with Gasteiger partial charge in [0.25, 0.3) is 0 Å². The van der Waals surface area contributed by atoms with Gasteiger partial charge < -0.3 is 10.6 Å². The van der Waals surface area contributed by atoms with Crippen molar-refractivity contribution < 1.29 is 0 Å². The van der Waals surface area contributed by atoms with Crippen molar-refractivity contribution in [1.82, 2.24) is 5.32 Å². The lowest BCUT2D eigenvalue weighted by Gasteiger charge is -2.01. The highest BCUT2D eigenvalue weighted by molar-refractivity contribution is 5.44. The van der Waals surface area contributed by atoms with Crippen molar-refractivity contribution in [3.05, 3.63) is 67.4 Å². The van der Waals surface area contributed by atoms with E-state index in [0.29, 0.717) is 0 Å². The second-order valence-corrected chi connectivity index (χ2v) is 3.98. The van der Waals surface area contributed by atoms with Crippen LogP contribution in [0.5, 0.6) is 0 Å². The zero-order chi connectivity index (χ0) is 18.3. The van der Waals surface area contributed by atoms with Crippen LogP contribution < -0.4 is 10.6 Å². The standard InChI is InChI=1S/C14H20N2.C3H6.2C2H6/c1-3-16-12-6-4-5-7-13-8-10-14(15-2)11-9-13;1-3-2;2*1-2/h3-5,8-11,15-16H,1,6-7,12H2,2H3;3H,1H2,2H3;2*1-2H3/b5-4-;;;. The lowest BCUT2D eigenvalue weighted by Crippen LogP contribution is -2.04. The Hall–Kier alpha value is -1.96. The minimum absolute atomic E-state index is 0.957. The fourth-order valence-electron chi connectivity index (χ4n) is 1.41. The Balaban J connectivity index is -0.000000496. The Morgan fingerprint density at radius 3 is 1.91 bits per heavy atom. The quantitative estimate of drug-likeness (QED) is 0.462. The van der Waals surface area contributed by atoms with Crippen LogP contribution in [0.1, 0.15) is 46.6 Å². The van der Waals surface area contributed by atoms with E-state index in [2.05, 4.69) is 60.2 Å². The fraction of sp³-hybridized carbons (Fsp3) is 0.429. The molecular weight excluding hydrogens is 280 g/mol. The summed E-state index contributed by atoms with van der Waals surface area (Å²) >= 11 is 0. The lowest BCUT2D eigenvalue weighted by molar-refractivity contribution is 0.852. The average molecular weight is 319 g/mol. The molecule has 1 aromatic rings.